The van der Waals surface area contributed by atoms with E-state index >= 15 is 0 Å². The van der Waals surface area contributed by atoms with Crippen molar-refractivity contribution in [3.63, 3.8) is 0 Å². The lowest BCUT2D eigenvalue weighted by Gasteiger charge is -2.21. The van der Waals surface area contributed by atoms with Gasteiger partial charge in [-0.05, 0) is 30.6 Å². The minimum absolute atomic E-state index is 0.873. The van der Waals surface area contributed by atoms with Crippen LogP contribution in [0, 0.1) is 17.8 Å². The van der Waals surface area contributed by atoms with E-state index in [1.165, 1.54) is 64.2 Å². The highest BCUT2D eigenvalue weighted by molar-refractivity contribution is 4.64. The Labute approximate surface area is 117 Å². The molecule has 0 rings (SSSR count). The van der Waals surface area contributed by atoms with Crippen molar-refractivity contribution in [2.45, 2.75) is 98.8 Å². The average Bonchev–Trinajstić information content (AvgIpc) is 2.26. The first-order valence-electron chi connectivity index (χ1n) is 8.56. The Morgan fingerprint density at radius 1 is 0.611 bits per heavy atom. The first kappa shape index (κ1) is 18.0. The zero-order valence-electron chi connectivity index (χ0n) is 13.8. The van der Waals surface area contributed by atoms with E-state index < -0.39 is 0 Å². The van der Waals surface area contributed by atoms with Gasteiger partial charge in [0.05, 0.1) is 0 Å². The molecular weight excluding hydrogens is 216 g/mol. The van der Waals surface area contributed by atoms with Crippen LogP contribution >= 0.6 is 0 Å². The second-order valence-electron chi connectivity index (χ2n) is 7.04. The lowest BCUT2D eigenvalue weighted by atomic mass is 9.85. The van der Waals surface area contributed by atoms with Crippen LogP contribution in [0.5, 0.6) is 0 Å². The van der Waals surface area contributed by atoms with Crippen LogP contribution in [0.2, 0.25) is 0 Å². The van der Waals surface area contributed by atoms with E-state index in [1.54, 1.807) is 0 Å². The monoisotopic (exact) mass is 254 g/mol. The summed E-state index contributed by atoms with van der Waals surface area (Å²) in [7, 11) is 0. The van der Waals surface area contributed by atoms with Gasteiger partial charge in [0.1, 0.15) is 0 Å². The van der Waals surface area contributed by atoms with Gasteiger partial charge >= 0.3 is 0 Å². The third kappa shape index (κ3) is 12.5. The number of hydrogen-bond acceptors (Lipinski definition) is 0. The van der Waals surface area contributed by atoms with E-state index in [-0.39, 0.29) is 0 Å². The summed E-state index contributed by atoms with van der Waals surface area (Å²) in [5.41, 5.74) is 0. The van der Waals surface area contributed by atoms with Gasteiger partial charge in [0.25, 0.3) is 0 Å². The first-order valence-corrected chi connectivity index (χ1v) is 8.56. The molecule has 0 saturated heterocycles. The third-order valence-electron chi connectivity index (χ3n) is 3.83. The van der Waals surface area contributed by atoms with Crippen molar-refractivity contribution in [1.29, 1.82) is 0 Å². The standard InChI is InChI=1S/C18H38/c1-6-7-8-9-10-11-12-13-18(14-16(2)3)15-17(4)5/h16-18H,6-15H2,1-5H3. The maximum atomic E-state index is 2.37. The lowest BCUT2D eigenvalue weighted by Crippen LogP contribution is -2.08. The normalized spacial score (nSPS) is 12.0. The molecule has 0 unspecified atom stereocenters. The average molecular weight is 255 g/mol. The Balaban J connectivity index is 3.56. The number of rotatable bonds is 12. The Hall–Kier alpha value is 0. The predicted molar refractivity (Wildman–Crippen MR) is 85.0 cm³/mol. The summed E-state index contributed by atoms with van der Waals surface area (Å²) >= 11 is 0. The molecule has 0 aromatic rings. The molecule has 0 aromatic heterocycles. The first-order chi connectivity index (χ1) is 8.56. The van der Waals surface area contributed by atoms with Gasteiger partial charge < -0.3 is 0 Å². The molecule has 0 spiro atoms. The van der Waals surface area contributed by atoms with Gasteiger partial charge in [0, 0.05) is 0 Å². The van der Waals surface area contributed by atoms with Crippen LogP contribution in [0.4, 0.5) is 0 Å². The highest BCUT2D eigenvalue weighted by Crippen LogP contribution is 2.25. The number of hydrogen-bond donors (Lipinski definition) is 0. The van der Waals surface area contributed by atoms with E-state index in [9.17, 15) is 0 Å². The highest BCUT2D eigenvalue weighted by atomic mass is 14.2. The largest absolute Gasteiger partial charge is 0.0654 e. The Morgan fingerprint density at radius 2 is 1.06 bits per heavy atom. The van der Waals surface area contributed by atoms with Gasteiger partial charge in [0.15, 0.2) is 0 Å². The van der Waals surface area contributed by atoms with Gasteiger partial charge in [-0.3, -0.25) is 0 Å². The smallest absolute Gasteiger partial charge is 0.0409 e. The van der Waals surface area contributed by atoms with Crippen molar-refractivity contribution < 1.29 is 0 Å². The minimum Gasteiger partial charge on any atom is -0.0654 e. The highest BCUT2D eigenvalue weighted by Gasteiger charge is 2.12. The van der Waals surface area contributed by atoms with E-state index in [0.717, 1.165) is 17.8 Å². The van der Waals surface area contributed by atoms with Gasteiger partial charge in [-0.2, -0.15) is 0 Å². The molecule has 0 saturated carbocycles. The van der Waals surface area contributed by atoms with E-state index in [0.29, 0.717) is 0 Å². The second kappa shape index (κ2) is 12.1. The topological polar surface area (TPSA) is 0 Å². The molecule has 18 heavy (non-hydrogen) atoms. The predicted octanol–water partition coefficient (Wildman–Crippen LogP) is 6.84. The van der Waals surface area contributed by atoms with Gasteiger partial charge in [-0.25, -0.2) is 0 Å². The molecule has 0 N–H and O–H groups in total. The molecule has 0 aromatic carbocycles. The van der Waals surface area contributed by atoms with Crippen LogP contribution in [0.25, 0.3) is 0 Å². The second-order valence-corrected chi connectivity index (χ2v) is 7.04. The maximum Gasteiger partial charge on any atom is -0.0409 e. The molecule has 0 aliphatic heterocycles. The van der Waals surface area contributed by atoms with Crippen molar-refractivity contribution in [1.82, 2.24) is 0 Å². The molecule has 0 fully saturated rings. The Bertz CT molecular complexity index is 147. The zero-order valence-corrected chi connectivity index (χ0v) is 13.8. The molecule has 0 radical (unpaired) electrons. The maximum absolute atomic E-state index is 2.37. The fourth-order valence-electron chi connectivity index (χ4n) is 3.06. The van der Waals surface area contributed by atoms with Crippen molar-refractivity contribution in [2.75, 3.05) is 0 Å². The van der Waals surface area contributed by atoms with E-state index in [4.69, 9.17) is 0 Å². The molecule has 110 valence electrons. The summed E-state index contributed by atoms with van der Waals surface area (Å²) in [4.78, 5) is 0. The summed E-state index contributed by atoms with van der Waals surface area (Å²) in [6, 6.07) is 0. The van der Waals surface area contributed by atoms with Crippen LogP contribution in [0.1, 0.15) is 98.8 Å². The molecular formula is C18H38. The summed E-state index contributed by atoms with van der Waals surface area (Å²) < 4.78 is 0. The van der Waals surface area contributed by atoms with Crippen LogP contribution in [-0.2, 0) is 0 Å². The molecule has 0 aliphatic rings. The quantitative estimate of drug-likeness (QED) is 0.335. The molecule has 0 bridgehead atoms. The van der Waals surface area contributed by atoms with Crippen molar-refractivity contribution in [2.24, 2.45) is 17.8 Å². The van der Waals surface area contributed by atoms with Crippen molar-refractivity contribution >= 4 is 0 Å². The van der Waals surface area contributed by atoms with Crippen molar-refractivity contribution in [3.8, 4) is 0 Å². The van der Waals surface area contributed by atoms with Crippen LogP contribution in [-0.4, -0.2) is 0 Å². The fourth-order valence-corrected chi connectivity index (χ4v) is 3.06. The molecule has 0 atom stereocenters. The summed E-state index contributed by atoms with van der Waals surface area (Å²) in [6.45, 7) is 11.8. The lowest BCUT2D eigenvalue weighted by molar-refractivity contribution is 0.315. The molecule has 0 amide bonds. The van der Waals surface area contributed by atoms with Crippen molar-refractivity contribution in [3.05, 3.63) is 0 Å². The zero-order chi connectivity index (χ0) is 13.8. The van der Waals surface area contributed by atoms with Gasteiger partial charge in [0.2, 0.25) is 0 Å². The van der Waals surface area contributed by atoms with Crippen LogP contribution in [0.3, 0.4) is 0 Å². The van der Waals surface area contributed by atoms with E-state index in [2.05, 4.69) is 34.6 Å². The van der Waals surface area contributed by atoms with Gasteiger partial charge in [-0.1, -0.05) is 86.0 Å². The Morgan fingerprint density at radius 3 is 1.50 bits per heavy atom. The fraction of sp³-hybridized carbons (Fsp3) is 1.00. The number of unbranched alkanes of at least 4 members (excludes halogenated alkanes) is 6. The Kier molecular flexibility index (Phi) is 12.1. The summed E-state index contributed by atoms with van der Waals surface area (Å²) in [6.07, 6.45) is 14.5. The molecule has 0 nitrogen and oxygen atoms in total. The van der Waals surface area contributed by atoms with E-state index in [1.807, 2.05) is 0 Å². The van der Waals surface area contributed by atoms with Crippen LogP contribution in [0.15, 0.2) is 0 Å². The summed E-state index contributed by atoms with van der Waals surface area (Å²) in [5.74, 6) is 2.73. The van der Waals surface area contributed by atoms with Gasteiger partial charge in [-0.15, -0.1) is 0 Å². The summed E-state index contributed by atoms with van der Waals surface area (Å²) in [5, 5.41) is 0. The molecule has 0 heterocycles. The molecule has 0 aliphatic carbocycles. The SMILES string of the molecule is CCCCCCCCCC(CC(C)C)CC(C)C. The molecule has 0 heteroatoms. The van der Waals surface area contributed by atoms with Crippen LogP contribution < -0.4 is 0 Å². The third-order valence-corrected chi connectivity index (χ3v) is 3.83. The minimum atomic E-state index is 0.873.